The highest BCUT2D eigenvalue weighted by atomic mass is 32.1. The van der Waals surface area contributed by atoms with Gasteiger partial charge in [0.1, 0.15) is 23.1 Å². The summed E-state index contributed by atoms with van der Waals surface area (Å²) in [6.45, 7) is 1.53. The van der Waals surface area contributed by atoms with E-state index in [4.69, 9.17) is 15.2 Å². The van der Waals surface area contributed by atoms with Crippen molar-refractivity contribution in [2.45, 2.75) is 18.9 Å². The van der Waals surface area contributed by atoms with Crippen molar-refractivity contribution in [1.82, 2.24) is 4.98 Å². The van der Waals surface area contributed by atoms with E-state index < -0.39 is 0 Å². The van der Waals surface area contributed by atoms with Crippen LogP contribution in [0.3, 0.4) is 0 Å². The molecule has 0 spiro atoms. The normalized spacial score (nSPS) is 17.4. The van der Waals surface area contributed by atoms with E-state index in [2.05, 4.69) is 4.98 Å². The second-order valence-corrected chi connectivity index (χ2v) is 4.99. The zero-order valence-corrected chi connectivity index (χ0v) is 10.2. The molecule has 0 radical (unpaired) electrons. The summed E-state index contributed by atoms with van der Waals surface area (Å²) in [5.41, 5.74) is 9.37. The Kier molecular flexibility index (Phi) is 2.86. The number of nitrogens with two attached hydrogens (primary N) is 1. The summed E-state index contributed by atoms with van der Waals surface area (Å²) in [4.78, 5) is 4.26. The number of nitrogen functional groups attached to an aromatic ring is 1. The van der Waals surface area contributed by atoms with E-state index in [-0.39, 0.29) is 6.10 Å². The summed E-state index contributed by atoms with van der Waals surface area (Å²) in [5.74, 6) is 0.746. The van der Waals surface area contributed by atoms with E-state index in [1.165, 1.54) is 0 Å². The second kappa shape index (κ2) is 4.50. The van der Waals surface area contributed by atoms with Crippen molar-refractivity contribution in [3.05, 3.63) is 17.6 Å². The molecule has 0 amide bonds. The monoisotopic (exact) mass is 250 g/mol. The second-order valence-electron chi connectivity index (χ2n) is 4.11. The first kappa shape index (κ1) is 10.8. The predicted molar refractivity (Wildman–Crippen MR) is 68.5 cm³/mol. The molecule has 1 aromatic heterocycles. The Hall–Kier alpha value is -1.33. The van der Waals surface area contributed by atoms with Crippen LogP contribution < -0.4 is 10.5 Å². The highest BCUT2D eigenvalue weighted by Gasteiger charge is 2.17. The van der Waals surface area contributed by atoms with E-state index in [1.54, 1.807) is 16.8 Å². The molecular weight excluding hydrogens is 236 g/mol. The lowest BCUT2D eigenvalue weighted by molar-refractivity contribution is 0.0259. The van der Waals surface area contributed by atoms with Gasteiger partial charge in [0.2, 0.25) is 0 Å². The number of rotatable bonds is 2. The molecule has 1 aliphatic rings. The average molecular weight is 250 g/mol. The molecule has 0 unspecified atom stereocenters. The molecule has 3 rings (SSSR count). The average Bonchev–Trinajstić information content (AvgIpc) is 2.83. The minimum absolute atomic E-state index is 0.210. The molecule has 2 aromatic rings. The highest BCUT2D eigenvalue weighted by molar-refractivity contribution is 7.16. The van der Waals surface area contributed by atoms with Crippen molar-refractivity contribution in [2.75, 3.05) is 18.9 Å². The van der Waals surface area contributed by atoms with Crippen LogP contribution in [0.1, 0.15) is 12.8 Å². The number of ether oxygens (including phenoxy) is 2. The maximum Gasteiger partial charge on any atom is 0.144 e. The molecule has 0 atom stereocenters. The Morgan fingerprint density at radius 2 is 2.18 bits per heavy atom. The van der Waals surface area contributed by atoms with Gasteiger partial charge in [-0.2, -0.15) is 0 Å². The predicted octanol–water partition coefficient (Wildman–Crippen LogP) is 2.44. The maximum atomic E-state index is 6.07. The van der Waals surface area contributed by atoms with Crippen LogP contribution in [0.2, 0.25) is 0 Å². The number of aromatic nitrogens is 1. The Bertz CT molecular complexity index is 520. The summed E-state index contributed by atoms with van der Waals surface area (Å²) in [6.07, 6.45) is 2.06. The summed E-state index contributed by atoms with van der Waals surface area (Å²) in [5, 5.41) is 0. The molecule has 2 heterocycles. The third-order valence-corrected chi connectivity index (χ3v) is 3.76. The molecule has 0 aliphatic carbocycles. The third kappa shape index (κ3) is 2.08. The van der Waals surface area contributed by atoms with Crippen molar-refractivity contribution in [3.8, 4) is 5.75 Å². The molecule has 1 saturated heterocycles. The lowest BCUT2D eigenvalue weighted by atomic mass is 10.1. The molecule has 5 heteroatoms. The summed E-state index contributed by atoms with van der Waals surface area (Å²) in [6, 6.07) is 3.95. The van der Waals surface area contributed by atoms with E-state index in [0.29, 0.717) is 5.69 Å². The maximum absolute atomic E-state index is 6.07. The molecule has 17 heavy (non-hydrogen) atoms. The van der Waals surface area contributed by atoms with Crippen molar-refractivity contribution < 1.29 is 9.47 Å². The molecule has 1 fully saturated rings. The van der Waals surface area contributed by atoms with E-state index in [9.17, 15) is 0 Å². The van der Waals surface area contributed by atoms with Gasteiger partial charge in [0.25, 0.3) is 0 Å². The SMILES string of the molecule is Nc1c(OC2CCOCC2)ccc2scnc12. The minimum Gasteiger partial charge on any atom is -0.488 e. The topological polar surface area (TPSA) is 57.4 Å². The number of hydrogen-bond acceptors (Lipinski definition) is 5. The Balaban J connectivity index is 1.86. The molecular formula is C12H14N2O2S. The fourth-order valence-electron chi connectivity index (χ4n) is 2.01. The minimum atomic E-state index is 0.210. The van der Waals surface area contributed by atoms with Crippen molar-refractivity contribution in [3.63, 3.8) is 0 Å². The lowest BCUT2D eigenvalue weighted by Gasteiger charge is -2.23. The van der Waals surface area contributed by atoms with Crippen LogP contribution in [-0.2, 0) is 4.74 Å². The number of fused-ring (bicyclic) bond motifs is 1. The van der Waals surface area contributed by atoms with Crippen LogP contribution in [0.15, 0.2) is 17.6 Å². The fraction of sp³-hybridized carbons (Fsp3) is 0.417. The van der Waals surface area contributed by atoms with Crippen molar-refractivity contribution >= 4 is 27.2 Å². The van der Waals surface area contributed by atoms with Gasteiger partial charge in [0.05, 0.1) is 23.4 Å². The van der Waals surface area contributed by atoms with E-state index >= 15 is 0 Å². The van der Waals surface area contributed by atoms with Crippen LogP contribution in [0.5, 0.6) is 5.75 Å². The molecule has 0 bridgehead atoms. The molecule has 1 aliphatic heterocycles. The largest absolute Gasteiger partial charge is 0.488 e. The smallest absolute Gasteiger partial charge is 0.144 e. The summed E-state index contributed by atoms with van der Waals surface area (Å²) in [7, 11) is 0. The zero-order chi connectivity index (χ0) is 11.7. The van der Waals surface area contributed by atoms with Gasteiger partial charge in [-0.15, -0.1) is 11.3 Å². The standard InChI is InChI=1S/C12H14N2O2S/c13-11-9(16-8-3-5-15-6-4-8)1-2-10-12(11)14-7-17-10/h1-2,7-8H,3-6,13H2. The highest BCUT2D eigenvalue weighted by Crippen LogP contribution is 2.33. The van der Waals surface area contributed by atoms with Gasteiger partial charge < -0.3 is 15.2 Å². The number of thiazole rings is 1. The molecule has 1 aromatic carbocycles. The quantitative estimate of drug-likeness (QED) is 0.832. The van der Waals surface area contributed by atoms with Gasteiger partial charge >= 0.3 is 0 Å². The van der Waals surface area contributed by atoms with Crippen LogP contribution in [-0.4, -0.2) is 24.3 Å². The van der Waals surface area contributed by atoms with E-state index in [0.717, 1.165) is 42.0 Å². The first-order valence-corrected chi connectivity index (χ1v) is 6.58. The molecule has 90 valence electrons. The molecule has 2 N–H and O–H groups in total. The van der Waals surface area contributed by atoms with Gasteiger partial charge in [0, 0.05) is 12.8 Å². The van der Waals surface area contributed by atoms with Gasteiger partial charge in [-0.25, -0.2) is 4.98 Å². The van der Waals surface area contributed by atoms with Crippen LogP contribution >= 0.6 is 11.3 Å². The first-order valence-electron chi connectivity index (χ1n) is 5.70. The zero-order valence-electron chi connectivity index (χ0n) is 9.39. The van der Waals surface area contributed by atoms with Gasteiger partial charge in [0.15, 0.2) is 0 Å². The van der Waals surface area contributed by atoms with Crippen LogP contribution in [0, 0.1) is 0 Å². The third-order valence-electron chi connectivity index (χ3n) is 2.96. The number of nitrogens with zero attached hydrogens (tertiary/aromatic N) is 1. The Morgan fingerprint density at radius 3 is 3.00 bits per heavy atom. The van der Waals surface area contributed by atoms with Gasteiger partial charge in [-0.3, -0.25) is 0 Å². The summed E-state index contributed by atoms with van der Waals surface area (Å²) >= 11 is 1.59. The molecule has 4 nitrogen and oxygen atoms in total. The van der Waals surface area contributed by atoms with Crippen molar-refractivity contribution in [2.24, 2.45) is 0 Å². The number of benzene rings is 1. The van der Waals surface area contributed by atoms with Crippen LogP contribution in [0.4, 0.5) is 5.69 Å². The molecule has 0 saturated carbocycles. The van der Waals surface area contributed by atoms with Gasteiger partial charge in [-0.1, -0.05) is 0 Å². The number of hydrogen-bond donors (Lipinski definition) is 1. The van der Waals surface area contributed by atoms with E-state index in [1.807, 2.05) is 12.1 Å². The van der Waals surface area contributed by atoms with Crippen molar-refractivity contribution in [1.29, 1.82) is 0 Å². The summed E-state index contributed by atoms with van der Waals surface area (Å²) < 4.78 is 12.3. The Morgan fingerprint density at radius 1 is 1.35 bits per heavy atom. The Labute approximate surface area is 103 Å². The van der Waals surface area contributed by atoms with Crippen LogP contribution in [0.25, 0.3) is 10.2 Å². The lowest BCUT2D eigenvalue weighted by Crippen LogP contribution is -2.26. The fourth-order valence-corrected chi connectivity index (χ4v) is 2.70. The number of anilines is 1. The first-order chi connectivity index (χ1) is 8.34. The van der Waals surface area contributed by atoms with Gasteiger partial charge in [-0.05, 0) is 12.1 Å².